The molecule has 1 fully saturated rings. The van der Waals surface area contributed by atoms with Crippen LogP contribution in [0.25, 0.3) is 5.69 Å². The first-order valence-corrected chi connectivity index (χ1v) is 7.24. The summed E-state index contributed by atoms with van der Waals surface area (Å²) in [6.45, 7) is 4.33. The van der Waals surface area contributed by atoms with E-state index in [-0.39, 0.29) is 18.1 Å². The molecule has 1 unspecified atom stereocenters. The van der Waals surface area contributed by atoms with Gasteiger partial charge in [-0.3, -0.25) is 0 Å². The van der Waals surface area contributed by atoms with Gasteiger partial charge in [-0.2, -0.15) is 5.10 Å². The van der Waals surface area contributed by atoms with Crippen molar-refractivity contribution >= 4 is 0 Å². The highest BCUT2D eigenvalue weighted by molar-refractivity contribution is 5.36. The Hall–Kier alpha value is -1.69. The Morgan fingerprint density at radius 3 is 2.90 bits per heavy atom. The van der Waals surface area contributed by atoms with Gasteiger partial charge in [0.25, 0.3) is 0 Å². The van der Waals surface area contributed by atoms with Crippen LogP contribution in [0.2, 0.25) is 0 Å². The van der Waals surface area contributed by atoms with Crippen molar-refractivity contribution in [2.45, 2.75) is 13.0 Å². The van der Waals surface area contributed by atoms with Gasteiger partial charge in [0.05, 0.1) is 30.9 Å². The topological polar surface area (TPSA) is 59.3 Å². The fourth-order valence-corrected chi connectivity index (χ4v) is 2.49. The third-order valence-corrected chi connectivity index (χ3v) is 4.07. The maximum absolute atomic E-state index is 9.46. The average Bonchev–Trinajstić information content (AvgIpc) is 3.01. The molecule has 5 heteroatoms. The van der Waals surface area contributed by atoms with Gasteiger partial charge in [0.1, 0.15) is 0 Å². The van der Waals surface area contributed by atoms with E-state index in [2.05, 4.69) is 29.5 Å². The Labute approximate surface area is 124 Å². The fourth-order valence-electron chi connectivity index (χ4n) is 2.49. The second-order valence-electron chi connectivity index (χ2n) is 5.80. The molecule has 0 amide bonds. The molecule has 0 bridgehead atoms. The quantitative estimate of drug-likeness (QED) is 0.846. The van der Waals surface area contributed by atoms with E-state index in [1.807, 2.05) is 29.1 Å². The van der Waals surface area contributed by atoms with E-state index in [0.29, 0.717) is 13.2 Å². The van der Waals surface area contributed by atoms with E-state index in [1.54, 1.807) is 6.20 Å². The zero-order chi connectivity index (χ0) is 14.7. The van der Waals surface area contributed by atoms with Gasteiger partial charge in [-0.05, 0) is 30.7 Å². The lowest BCUT2D eigenvalue weighted by atomic mass is 9.86. The first-order valence-electron chi connectivity index (χ1n) is 7.24. The van der Waals surface area contributed by atoms with Crippen molar-refractivity contribution in [3.05, 3.63) is 48.3 Å². The second-order valence-corrected chi connectivity index (χ2v) is 5.80. The molecule has 2 aromatic rings. The maximum atomic E-state index is 9.46. The van der Waals surface area contributed by atoms with Crippen molar-refractivity contribution in [2.75, 3.05) is 26.4 Å². The van der Waals surface area contributed by atoms with Crippen LogP contribution < -0.4 is 5.32 Å². The van der Waals surface area contributed by atoms with Gasteiger partial charge in [-0.25, -0.2) is 4.68 Å². The lowest BCUT2D eigenvalue weighted by Crippen LogP contribution is -2.52. The maximum Gasteiger partial charge on any atom is 0.0648 e. The summed E-state index contributed by atoms with van der Waals surface area (Å²) in [6.07, 6.45) is 3.71. The first kappa shape index (κ1) is 14.3. The Kier molecular flexibility index (Phi) is 4.05. The molecule has 1 aromatic heterocycles. The molecule has 3 rings (SSSR count). The predicted octanol–water partition coefficient (Wildman–Crippen LogP) is 1.53. The van der Waals surface area contributed by atoms with Crippen LogP contribution in [0.15, 0.2) is 42.7 Å². The van der Waals surface area contributed by atoms with Crippen molar-refractivity contribution in [1.82, 2.24) is 15.1 Å². The number of benzene rings is 1. The van der Waals surface area contributed by atoms with E-state index in [1.165, 1.54) is 5.56 Å². The van der Waals surface area contributed by atoms with Crippen molar-refractivity contribution < 1.29 is 9.84 Å². The van der Waals surface area contributed by atoms with Gasteiger partial charge in [0, 0.05) is 25.0 Å². The number of nitrogens with zero attached hydrogens (tertiary/aromatic N) is 2. The van der Waals surface area contributed by atoms with E-state index < -0.39 is 0 Å². The minimum Gasteiger partial charge on any atom is -0.396 e. The molecular formula is C16H21N3O2. The summed E-state index contributed by atoms with van der Waals surface area (Å²) in [6, 6.07) is 10.4. The van der Waals surface area contributed by atoms with Crippen LogP contribution in [0.5, 0.6) is 0 Å². The molecule has 0 aliphatic carbocycles. The van der Waals surface area contributed by atoms with Crippen LogP contribution in [-0.4, -0.2) is 41.3 Å². The molecule has 1 aromatic carbocycles. The zero-order valence-electron chi connectivity index (χ0n) is 12.2. The van der Waals surface area contributed by atoms with Gasteiger partial charge in [-0.1, -0.05) is 12.1 Å². The molecule has 0 saturated carbocycles. The van der Waals surface area contributed by atoms with Crippen molar-refractivity contribution in [3.63, 3.8) is 0 Å². The molecule has 1 saturated heterocycles. The molecule has 2 heterocycles. The summed E-state index contributed by atoms with van der Waals surface area (Å²) in [5.41, 5.74) is 2.15. The van der Waals surface area contributed by atoms with Gasteiger partial charge >= 0.3 is 0 Å². The lowest BCUT2D eigenvalue weighted by molar-refractivity contribution is -0.135. The van der Waals surface area contributed by atoms with Gasteiger partial charge in [0.15, 0.2) is 0 Å². The molecule has 2 N–H and O–H groups in total. The molecule has 1 atom stereocenters. The molecule has 0 spiro atoms. The monoisotopic (exact) mass is 287 g/mol. The number of nitrogens with one attached hydrogen (secondary N) is 1. The number of aromatic nitrogens is 2. The van der Waals surface area contributed by atoms with Crippen LogP contribution in [0, 0.1) is 5.41 Å². The SMILES string of the molecule is CC(NCC1(CO)COC1)c1cccc(-n2cccn2)c1. The van der Waals surface area contributed by atoms with Crippen LogP contribution >= 0.6 is 0 Å². The Morgan fingerprint density at radius 1 is 1.43 bits per heavy atom. The molecule has 112 valence electrons. The molecular weight excluding hydrogens is 266 g/mol. The van der Waals surface area contributed by atoms with Crippen LogP contribution in [0.1, 0.15) is 18.5 Å². The summed E-state index contributed by atoms with van der Waals surface area (Å²) in [4.78, 5) is 0. The van der Waals surface area contributed by atoms with Crippen molar-refractivity contribution in [2.24, 2.45) is 5.41 Å². The number of rotatable bonds is 6. The number of aliphatic hydroxyl groups is 1. The van der Waals surface area contributed by atoms with Gasteiger partial charge in [0.2, 0.25) is 0 Å². The first-order chi connectivity index (χ1) is 10.2. The largest absolute Gasteiger partial charge is 0.396 e. The lowest BCUT2D eigenvalue weighted by Gasteiger charge is -2.40. The van der Waals surface area contributed by atoms with Crippen molar-refractivity contribution in [1.29, 1.82) is 0 Å². The zero-order valence-corrected chi connectivity index (χ0v) is 12.2. The Morgan fingerprint density at radius 2 is 2.29 bits per heavy atom. The standard InChI is InChI=1S/C16H21N3O2/c1-13(17-9-16(10-20)11-21-12-16)14-4-2-5-15(8-14)19-7-3-6-18-19/h2-8,13,17,20H,9-12H2,1H3. The van der Waals surface area contributed by atoms with Gasteiger partial charge < -0.3 is 15.2 Å². The van der Waals surface area contributed by atoms with E-state index in [0.717, 1.165) is 12.2 Å². The van der Waals surface area contributed by atoms with E-state index >= 15 is 0 Å². The summed E-state index contributed by atoms with van der Waals surface area (Å²) < 4.78 is 7.08. The summed E-state index contributed by atoms with van der Waals surface area (Å²) in [5, 5.41) is 17.2. The van der Waals surface area contributed by atoms with Gasteiger partial charge in [-0.15, -0.1) is 0 Å². The smallest absolute Gasteiger partial charge is 0.0648 e. The number of ether oxygens (including phenoxy) is 1. The molecule has 21 heavy (non-hydrogen) atoms. The fraction of sp³-hybridized carbons (Fsp3) is 0.438. The number of hydrogen-bond donors (Lipinski definition) is 2. The second kappa shape index (κ2) is 5.97. The highest BCUT2D eigenvalue weighted by Gasteiger charge is 2.37. The van der Waals surface area contributed by atoms with Crippen LogP contribution in [0.4, 0.5) is 0 Å². The van der Waals surface area contributed by atoms with Crippen LogP contribution in [-0.2, 0) is 4.74 Å². The molecule has 1 aliphatic rings. The highest BCUT2D eigenvalue weighted by atomic mass is 16.5. The number of aliphatic hydroxyl groups excluding tert-OH is 1. The summed E-state index contributed by atoms with van der Waals surface area (Å²) in [5.74, 6) is 0. The minimum atomic E-state index is -0.103. The number of hydrogen-bond acceptors (Lipinski definition) is 4. The normalized spacial score (nSPS) is 18.2. The Balaban J connectivity index is 1.67. The molecule has 0 radical (unpaired) electrons. The average molecular weight is 287 g/mol. The van der Waals surface area contributed by atoms with Crippen molar-refractivity contribution in [3.8, 4) is 5.69 Å². The van der Waals surface area contributed by atoms with Crippen LogP contribution in [0.3, 0.4) is 0 Å². The Bertz CT molecular complexity index is 573. The minimum absolute atomic E-state index is 0.103. The summed E-state index contributed by atoms with van der Waals surface area (Å²) >= 11 is 0. The predicted molar refractivity (Wildman–Crippen MR) is 80.3 cm³/mol. The molecule has 5 nitrogen and oxygen atoms in total. The third-order valence-electron chi connectivity index (χ3n) is 4.07. The third kappa shape index (κ3) is 3.00. The van der Waals surface area contributed by atoms with E-state index in [4.69, 9.17) is 4.74 Å². The molecule has 1 aliphatic heterocycles. The van der Waals surface area contributed by atoms with E-state index in [9.17, 15) is 5.11 Å². The highest BCUT2D eigenvalue weighted by Crippen LogP contribution is 2.27. The summed E-state index contributed by atoms with van der Waals surface area (Å²) in [7, 11) is 0.